The predicted molar refractivity (Wildman–Crippen MR) is 75.3 cm³/mol. The van der Waals surface area contributed by atoms with Crippen LogP contribution in [0, 0.1) is 0 Å². The first-order valence-corrected chi connectivity index (χ1v) is 6.54. The molecule has 0 spiro atoms. The van der Waals surface area contributed by atoms with Crippen LogP contribution in [0.2, 0.25) is 0 Å². The van der Waals surface area contributed by atoms with E-state index in [1.165, 1.54) is 0 Å². The number of hydrogen-bond acceptors (Lipinski definition) is 6. The number of nitrogens with zero attached hydrogens (tertiary/aromatic N) is 4. The Bertz CT molecular complexity index is 555. The first-order valence-electron chi connectivity index (χ1n) is 6.54. The summed E-state index contributed by atoms with van der Waals surface area (Å²) in [5.41, 5.74) is 7.33. The maximum atomic E-state index is 5.90. The minimum absolute atomic E-state index is 0.564. The Morgan fingerprint density at radius 1 is 1.35 bits per heavy atom. The molecule has 0 fully saturated rings. The Morgan fingerprint density at radius 3 is 2.90 bits per heavy atom. The second-order valence-corrected chi connectivity index (χ2v) is 4.23. The first kappa shape index (κ1) is 14.3. The molecule has 2 aromatic rings. The van der Waals surface area contributed by atoms with Crippen LogP contribution in [0.25, 0.3) is 11.4 Å². The van der Waals surface area contributed by atoms with Gasteiger partial charge < -0.3 is 15.2 Å². The molecule has 0 atom stereocenters. The van der Waals surface area contributed by atoms with Gasteiger partial charge in [-0.15, -0.1) is 5.10 Å². The van der Waals surface area contributed by atoms with E-state index in [1.54, 1.807) is 11.8 Å². The molecule has 0 aliphatic carbocycles. The zero-order chi connectivity index (χ0) is 14.4. The third kappa shape index (κ3) is 3.24. The van der Waals surface area contributed by atoms with Crippen LogP contribution in [0.4, 0.5) is 5.69 Å². The third-order valence-corrected chi connectivity index (χ3v) is 2.88. The van der Waals surface area contributed by atoms with Crippen molar-refractivity contribution in [1.29, 1.82) is 0 Å². The molecule has 0 unspecified atom stereocenters. The van der Waals surface area contributed by atoms with Crippen molar-refractivity contribution in [2.75, 3.05) is 26.1 Å². The van der Waals surface area contributed by atoms with E-state index in [1.807, 2.05) is 25.1 Å². The molecule has 0 aliphatic heterocycles. The number of aryl methyl sites for hydroxylation is 1. The summed E-state index contributed by atoms with van der Waals surface area (Å²) >= 11 is 0. The number of methoxy groups -OCH3 is 1. The minimum Gasteiger partial charge on any atom is -0.495 e. The second kappa shape index (κ2) is 6.85. The van der Waals surface area contributed by atoms with Crippen molar-refractivity contribution < 1.29 is 9.47 Å². The predicted octanol–water partition coefficient (Wildman–Crippen LogP) is 1.36. The Balaban J connectivity index is 2.13. The summed E-state index contributed by atoms with van der Waals surface area (Å²) in [5, 5.41) is 11.8. The van der Waals surface area contributed by atoms with E-state index in [2.05, 4.69) is 15.5 Å². The maximum Gasteiger partial charge on any atom is 0.182 e. The average molecular weight is 277 g/mol. The maximum absolute atomic E-state index is 5.90. The number of rotatable bonds is 7. The van der Waals surface area contributed by atoms with Crippen molar-refractivity contribution in [1.82, 2.24) is 20.2 Å². The highest BCUT2D eigenvalue weighted by atomic mass is 16.5. The molecule has 1 heterocycles. The fourth-order valence-electron chi connectivity index (χ4n) is 1.90. The summed E-state index contributed by atoms with van der Waals surface area (Å²) in [5.74, 6) is 1.33. The number of benzene rings is 1. The number of tetrazole rings is 1. The molecule has 7 nitrogen and oxygen atoms in total. The van der Waals surface area contributed by atoms with Crippen LogP contribution >= 0.6 is 0 Å². The van der Waals surface area contributed by atoms with Gasteiger partial charge in [-0.05, 0) is 42.0 Å². The molecule has 0 radical (unpaired) electrons. The molecule has 20 heavy (non-hydrogen) atoms. The standard InChI is InChI=1S/C13H19N5O2/c1-3-20-8-4-7-18-13(15-16-17-18)10-5-6-12(19-2)11(14)9-10/h5-6,9H,3-4,7-8,14H2,1-2H3. The molecular formula is C13H19N5O2. The summed E-state index contributed by atoms with van der Waals surface area (Å²) in [7, 11) is 1.59. The average Bonchev–Trinajstić information content (AvgIpc) is 2.92. The van der Waals surface area contributed by atoms with Crippen LogP contribution in [-0.4, -0.2) is 40.5 Å². The summed E-state index contributed by atoms with van der Waals surface area (Å²) in [6.07, 6.45) is 0.859. The molecular weight excluding hydrogens is 258 g/mol. The van der Waals surface area contributed by atoms with E-state index in [9.17, 15) is 0 Å². The SMILES string of the molecule is CCOCCCn1nnnc1-c1ccc(OC)c(N)c1. The number of aromatic nitrogens is 4. The zero-order valence-electron chi connectivity index (χ0n) is 11.7. The Morgan fingerprint density at radius 2 is 2.20 bits per heavy atom. The third-order valence-electron chi connectivity index (χ3n) is 2.88. The van der Waals surface area contributed by atoms with Gasteiger partial charge in [0.2, 0.25) is 0 Å². The zero-order valence-corrected chi connectivity index (χ0v) is 11.7. The Labute approximate surface area is 117 Å². The largest absolute Gasteiger partial charge is 0.495 e. The van der Waals surface area contributed by atoms with E-state index >= 15 is 0 Å². The van der Waals surface area contributed by atoms with E-state index in [4.69, 9.17) is 15.2 Å². The highest BCUT2D eigenvalue weighted by Crippen LogP contribution is 2.26. The lowest BCUT2D eigenvalue weighted by atomic mass is 10.2. The molecule has 0 aliphatic rings. The van der Waals surface area contributed by atoms with Crippen LogP contribution in [0.1, 0.15) is 13.3 Å². The van der Waals surface area contributed by atoms with Crippen molar-refractivity contribution in [3.05, 3.63) is 18.2 Å². The van der Waals surface area contributed by atoms with Crippen molar-refractivity contribution in [3.8, 4) is 17.1 Å². The summed E-state index contributed by atoms with van der Waals surface area (Å²) in [6.45, 7) is 4.09. The first-order chi connectivity index (χ1) is 9.76. The lowest BCUT2D eigenvalue weighted by Crippen LogP contribution is -2.06. The number of ether oxygens (including phenoxy) is 2. The molecule has 2 rings (SSSR count). The molecule has 0 bridgehead atoms. The van der Waals surface area contributed by atoms with E-state index < -0.39 is 0 Å². The van der Waals surface area contributed by atoms with E-state index in [0.717, 1.165) is 18.6 Å². The van der Waals surface area contributed by atoms with Crippen molar-refractivity contribution in [2.24, 2.45) is 0 Å². The Kier molecular flexibility index (Phi) is 4.89. The Hall–Kier alpha value is -2.15. The van der Waals surface area contributed by atoms with Gasteiger partial charge in [-0.25, -0.2) is 4.68 Å². The van der Waals surface area contributed by atoms with Gasteiger partial charge in [0.05, 0.1) is 12.8 Å². The van der Waals surface area contributed by atoms with Crippen LogP contribution < -0.4 is 10.5 Å². The van der Waals surface area contributed by atoms with Gasteiger partial charge in [0.25, 0.3) is 0 Å². The van der Waals surface area contributed by atoms with Crippen molar-refractivity contribution in [2.45, 2.75) is 19.9 Å². The smallest absolute Gasteiger partial charge is 0.182 e. The monoisotopic (exact) mass is 277 g/mol. The normalized spacial score (nSPS) is 10.7. The molecule has 108 valence electrons. The summed E-state index contributed by atoms with van der Waals surface area (Å²) < 4.78 is 12.2. The van der Waals surface area contributed by atoms with Gasteiger partial charge in [0, 0.05) is 25.3 Å². The molecule has 1 aromatic carbocycles. The fraction of sp³-hybridized carbons (Fsp3) is 0.462. The van der Waals surface area contributed by atoms with E-state index in [-0.39, 0.29) is 0 Å². The fourth-order valence-corrected chi connectivity index (χ4v) is 1.90. The highest BCUT2D eigenvalue weighted by Gasteiger charge is 2.10. The lowest BCUT2D eigenvalue weighted by molar-refractivity contribution is 0.140. The van der Waals surface area contributed by atoms with Gasteiger partial charge in [-0.2, -0.15) is 0 Å². The van der Waals surface area contributed by atoms with Gasteiger partial charge in [-0.3, -0.25) is 0 Å². The highest BCUT2D eigenvalue weighted by molar-refractivity contribution is 5.66. The van der Waals surface area contributed by atoms with Gasteiger partial charge in [-0.1, -0.05) is 0 Å². The van der Waals surface area contributed by atoms with Crippen LogP contribution in [0.3, 0.4) is 0 Å². The van der Waals surface area contributed by atoms with Gasteiger partial charge >= 0.3 is 0 Å². The molecule has 0 saturated carbocycles. The van der Waals surface area contributed by atoms with Crippen LogP contribution in [0.15, 0.2) is 18.2 Å². The number of nitrogen functional groups attached to an aromatic ring is 1. The molecule has 1 aromatic heterocycles. The lowest BCUT2D eigenvalue weighted by Gasteiger charge is -2.08. The molecule has 0 amide bonds. The molecule has 7 heteroatoms. The minimum atomic E-state index is 0.564. The number of nitrogens with two attached hydrogens (primary N) is 1. The van der Waals surface area contributed by atoms with E-state index in [0.29, 0.717) is 30.4 Å². The molecule has 0 saturated heterocycles. The molecule has 2 N–H and O–H groups in total. The van der Waals surface area contributed by atoms with Gasteiger partial charge in [0.1, 0.15) is 5.75 Å². The van der Waals surface area contributed by atoms with Crippen LogP contribution in [0.5, 0.6) is 5.75 Å². The quantitative estimate of drug-likeness (QED) is 0.607. The summed E-state index contributed by atoms with van der Waals surface area (Å²) in [6, 6.07) is 5.51. The second-order valence-electron chi connectivity index (χ2n) is 4.23. The topological polar surface area (TPSA) is 88.1 Å². The van der Waals surface area contributed by atoms with Crippen molar-refractivity contribution in [3.63, 3.8) is 0 Å². The van der Waals surface area contributed by atoms with Crippen molar-refractivity contribution >= 4 is 5.69 Å². The van der Waals surface area contributed by atoms with Crippen LogP contribution in [-0.2, 0) is 11.3 Å². The number of hydrogen-bond donors (Lipinski definition) is 1. The number of anilines is 1. The summed E-state index contributed by atoms with van der Waals surface area (Å²) in [4.78, 5) is 0. The van der Waals surface area contributed by atoms with Gasteiger partial charge in [0.15, 0.2) is 5.82 Å².